The number of hydrogen-bond donors (Lipinski definition) is 0. The molecule has 0 bridgehead atoms. The van der Waals surface area contributed by atoms with Crippen molar-refractivity contribution in [3.8, 4) is 0 Å². The molecule has 0 aliphatic carbocycles. The van der Waals surface area contributed by atoms with Gasteiger partial charge in [0.1, 0.15) is 0 Å². The average molecular weight is 349 g/mol. The summed E-state index contributed by atoms with van der Waals surface area (Å²) in [4.78, 5) is 0. The smallest absolute Gasteiger partial charge is 0 e. The summed E-state index contributed by atoms with van der Waals surface area (Å²) in [5, 5.41) is 0. The van der Waals surface area contributed by atoms with Gasteiger partial charge in [-0.2, -0.15) is 0 Å². The molecule has 57 valence electrons. The second kappa shape index (κ2) is 9290. The van der Waals surface area contributed by atoms with Crippen molar-refractivity contribution in [1.82, 2.24) is 0 Å². The summed E-state index contributed by atoms with van der Waals surface area (Å²) >= 11 is 0. The number of rotatable bonds is 0. The molecule has 0 aromatic carbocycles. The first kappa shape index (κ1) is 55.5. The fourth-order valence-corrected chi connectivity index (χ4v) is 0. The maximum Gasteiger partial charge on any atom is 1.00 e. The predicted molar refractivity (Wildman–Crippen MR) is 19.6 cm³/mol. The van der Waals surface area contributed by atoms with E-state index in [9.17, 15) is 0 Å². The van der Waals surface area contributed by atoms with E-state index in [0.29, 0.717) is 0 Å². The third kappa shape index (κ3) is 6920. The van der Waals surface area contributed by atoms with Gasteiger partial charge in [-0.25, -0.2) is 0 Å². The first-order valence-electron chi connectivity index (χ1n) is 1.02. The molecule has 1 radical (unpaired) electrons. The topological polar surface area (TPSA) is 99.5 Å². The fourth-order valence-electron chi connectivity index (χ4n) is 0. The van der Waals surface area contributed by atoms with Gasteiger partial charge in [-0.15, -0.1) is 0 Å². The molecular formula is C5NaO5Re+. The maximum absolute atomic E-state index is 7.50. The zero-order chi connectivity index (χ0) is 10.0. The Morgan fingerprint density at radius 1 is 0.417 bits per heavy atom. The monoisotopic (exact) mass is 350 g/mol. The summed E-state index contributed by atoms with van der Waals surface area (Å²) in [5.74, 6) is 0. The molecule has 12 heavy (non-hydrogen) atoms. The molecule has 0 rings (SSSR count). The van der Waals surface area contributed by atoms with E-state index in [1.165, 1.54) is 0 Å². The minimum absolute atomic E-state index is 0. The van der Waals surface area contributed by atoms with E-state index in [0.717, 1.165) is 0 Å². The summed E-state index contributed by atoms with van der Waals surface area (Å²) in [6, 6.07) is 0. The Labute approximate surface area is 106 Å². The van der Waals surface area contributed by atoms with Gasteiger partial charge in [-0.05, 0) is 0 Å². The van der Waals surface area contributed by atoms with E-state index < -0.39 is 0 Å². The Morgan fingerprint density at radius 3 is 0.417 bits per heavy atom. The average Bonchev–Trinajstić information content (AvgIpc) is 2.20. The third-order valence-electron chi connectivity index (χ3n) is 0. The summed E-state index contributed by atoms with van der Waals surface area (Å²) in [5.41, 5.74) is 0. The number of hydrogen-bond acceptors (Lipinski definition) is 0. The molecule has 0 spiro atoms. The zero-order valence-corrected chi connectivity index (χ0v) is 10.6. The summed E-state index contributed by atoms with van der Waals surface area (Å²) in [6.45, 7) is 22.5. The van der Waals surface area contributed by atoms with Crippen molar-refractivity contribution >= 4 is 0 Å². The Bertz CT molecular complexity index is 78.4. The largest absolute Gasteiger partial charge is 1.00 e. The van der Waals surface area contributed by atoms with E-state index in [1.54, 1.807) is 0 Å². The van der Waals surface area contributed by atoms with Gasteiger partial charge in [-0.3, -0.25) is 0 Å². The van der Waals surface area contributed by atoms with Crippen molar-refractivity contribution in [3.05, 3.63) is 33.3 Å². The van der Waals surface area contributed by atoms with Crippen LogP contribution in [-0.4, -0.2) is 0 Å². The Kier molecular flexibility index (Phi) is 43000. The molecule has 0 amide bonds. The van der Waals surface area contributed by atoms with Gasteiger partial charge in [-0.1, -0.05) is 0 Å². The van der Waals surface area contributed by atoms with Crippen LogP contribution in [0.5, 0.6) is 0 Å². The molecule has 0 saturated heterocycles. The maximum atomic E-state index is 7.50. The second-order valence-electron chi connectivity index (χ2n) is 0. The van der Waals surface area contributed by atoms with Gasteiger partial charge in [0.2, 0.25) is 0 Å². The van der Waals surface area contributed by atoms with Crippen LogP contribution in [0.4, 0.5) is 0 Å². The summed E-state index contributed by atoms with van der Waals surface area (Å²) in [6.07, 6.45) is 0. The molecule has 0 atom stereocenters. The predicted octanol–water partition coefficient (Wildman–Crippen LogP) is -3.19. The van der Waals surface area contributed by atoms with E-state index >= 15 is 0 Å². The van der Waals surface area contributed by atoms with Gasteiger partial charge in [0.15, 0.2) is 0 Å². The first-order chi connectivity index (χ1) is 5.00. The quantitative estimate of drug-likeness (QED) is 0.250. The molecular weight excluding hydrogens is 349 g/mol. The van der Waals surface area contributed by atoms with Crippen molar-refractivity contribution < 1.29 is 73.2 Å². The van der Waals surface area contributed by atoms with Gasteiger partial charge in [0.25, 0.3) is 0 Å². The van der Waals surface area contributed by atoms with Crippen LogP contribution >= 0.6 is 0 Å². The van der Waals surface area contributed by atoms with E-state index in [4.69, 9.17) is 23.3 Å². The molecule has 0 unspecified atom stereocenters. The molecule has 0 heterocycles. The van der Waals surface area contributed by atoms with Crippen LogP contribution in [0.2, 0.25) is 0 Å². The second-order valence-corrected chi connectivity index (χ2v) is 0. The zero-order valence-electron chi connectivity index (χ0n) is 5.92. The van der Waals surface area contributed by atoms with Crippen LogP contribution in [0, 0.1) is 33.3 Å². The van der Waals surface area contributed by atoms with Crippen LogP contribution in [0.15, 0.2) is 0 Å². The Balaban J connectivity index is -0.00000000500. The van der Waals surface area contributed by atoms with Gasteiger partial charge in [0.05, 0.1) is 0 Å². The minimum atomic E-state index is 0. The standard InChI is InChI=1S/5CO.Na.Re/c5*1-2;;/q;;;;;+1;. The third-order valence-corrected chi connectivity index (χ3v) is 0. The Hall–Kier alpha value is 0.362. The van der Waals surface area contributed by atoms with Crippen molar-refractivity contribution in [2.45, 2.75) is 0 Å². The molecule has 5 nitrogen and oxygen atoms in total. The molecule has 0 aromatic rings. The van der Waals surface area contributed by atoms with Crippen LogP contribution in [0.25, 0.3) is 0 Å². The van der Waals surface area contributed by atoms with Crippen molar-refractivity contribution in [2.24, 2.45) is 0 Å². The van der Waals surface area contributed by atoms with E-state index in [-0.39, 0.29) is 50.0 Å². The van der Waals surface area contributed by atoms with Gasteiger partial charge < -0.3 is 0 Å². The van der Waals surface area contributed by atoms with Crippen LogP contribution in [-0.2, 0) is 43.7 Å². The van der Waals surface area contributed by atoms with E-state index in [2.05, 4.69) is 33.3 Å². The SMILES string of the molecule is [C-]#[O+].[C-]#[O+].[C-]#[O+].[C-]#[O+].[C-]#[O+].[Na+].[Re]. The van der Waals surface area contributed by atoms with Gasteiger partial charge in [0, 0.05) is 20.4 Å². The van der Waals surface area contributed by atoms with Crippen LogP contribution in [0.3, 0.4) is 0 Å². The normalized spacial score (nSPS) is 0.833. The minimum Gasteiger partial charge on any atom is 0 e. The first-order valence-corrected chi connectivity index (χ1v) is 1.02. The molecule has 0 fully saturated rings. The molecule has 0 aliphatic rings. The molecule has 0 saturated carbocycles. The molecule has 0 N–H and O–H groups in total. The molecule has 0 aromatic heterocycles. The fraction of sp³-hybridized carbons (Fsp3) is 0. The van der Waals surface area contributed by atoms with Crippen molar-refractivity contribution in [2.75, 3.05) is 0 Å². The van der Waals surface area contributed by atoms with Gasteiger partial charge >= 0.3 is 86.1 Å². The van der Waals surface area contributed by atoms with Crippen LogP contribution < -0.4 is 29.6 Å². The summed E-state index contributed by atoms with van der Waals surface area (Å²) < 4.78 is 37.5. The molecule has 0 aliphatic heterocycles. The van der Waals surface area contributed by atoms with Crippen molar-refractivity contribution in [1.29, 1.82) is 0 Å². The van der Waals surface area contributed by atoms with Crippen molar-refractivity contribution in [3.63, 3.8) is 0 Å². The molecule has 7 heteroatoms. The summed E-state index contributed by atoms with van der Waals surface area (Å²) in [7, 11) is 0. The van der Waals surface area contributed by atoms with E-state index in [1.807, 2.05) is 0 Å². The van der Waals surface area contributed by atoms with Crippen LogP contribution in [0.1, 0.15) is 0 Å². The Morgan fingerprint density at radius 2 is 0.417 bits per heavy atom.